The lowest BCUT2D eigenvalue weighted by Crippen LogP contribution is -2.16. The predicted octanol–water partition coefficient (Wildman–Crippen LogP) is 4.28. The highest BCUT2D eigenvalue weighted by molar-refractivity contribution is 7.92. The Morgan fingerprint density at radius 2 is 1.80 bits per heavy atom. The molecule has 0 spiro atoms. The van der Waals surface area contributed by atoms with Crippen LogP contribution in [-0.2, 0) is 21.2 Å². The number of carbonyl (C=O) groups is 1. The minimum absolute atomic E-state index is 0.118. The number of nitrogens with one attached hydrogen (secondary N) is 2. The van der Waals surface area contributed by atoms with Gasteiger partial charge in [-0.15, -0.1) is 0 Å². The van der Waals surface area contributed by atoms with Crippen LogP contribution in [0.15, 0.2) is 51.9 Å². The second kappa shape index (κ2) is 8.71. The molecule has 0 unspecified atom stereocenters. The standard InChI is InChI=1S/C22H25N3O4S/c1-14-6-5-7-19(12-14)25-30(27,28)21-13-18(9-8-15(21)2)23-22(26)11-10-20-16(3)24-29-17(20)4/h5-9,12-13,25H,10-11H2,1-4H3,(H,23,26). The molecular formula is C22H25N3O4S. The number of benzene rings is 2. The van der Waals surface area contributed by atoms with Crippen LogP contribution in [-0.4, -0.2) is 19.5 Å². The molecule has 0 aliphatic carbocycles. The summed E-state index contributed by atoms with van der Waals surface area (Å²) in [5, 5.41) is 6.66. The van der Waals surface area contributed by atoms with Gasteiger partial charge in [0.1, 0.15) is 5.76 Å². The van der Waals surface area contributed by atoms with E-state index in [9.17, 15) is 13.2 Å². The summed E-state index contributed by atoms with van der Waals surface area (Å²) >= 11 is 0. The van der Waals surface area contributed by atoms with E-state index in [2.05, 4.69) is 15.2 Å². The second-order valence-electron chi connectivity index (χ2n) is 7.31. The Morgan fingerprint density at radius 1 is 1.03 bits per heavy atom. The molecule has 0 saturated heterocycles. The van der Waals surface area contributed by atoms with Gasteiger partial charge in [0.25, 0.3) is 10.0 Å². The predicted molar refractivity (Wildman–Crippen MR) is 116 cm³/mol. The first-order chi connectivity index (χ1) is 14.2. The fraction of sp³-hybridized carbons (Fsp3) is 0.273. The van der Waals surface area contributed by atoms with Crippen molar-refractivity contribution in [2.24, 2.45) is 0 Å². The van der Waals surface area contributed by atoms with Crippen molar-refractivity contribution in [1.29, 1.82) is 0 Å². The average Bonchev–Trinajstić information content (AvgIpc) is 2.99. The van der Waals surface area contributed by atoms with Crippen LogP contribution in [0.2, 0.25) is 0 Å². The minimum atomic E-state index is -3.80. The third kappa shape index (κ3) is 5.07. The number of hydrogen-bond donors (Lipinski definition) is 2. The fourth-order valence-corrected chi connectivity index (χ4v) is 4.53. The van der Waals surface area contributed by atoms with Crippen LogP contribution >= 0.6 is 0 Å². The summed E-state index contributed by atoms with van der Waals surface area (Å²) in [4.78, 5) is 12.5. The number of aromatic nitrogens is 1. The lowest BCUT2D eigenvalue weighted by molar-refractivity contribution is -0.116. The van der Waals surface area contributed by atoms with E-state index in [4.69, 9.17) is 4.52 Å². The fourth-order valence-electron chi connectivity index (χ4n) is 3.21. The van der Waals surface area contributed by atoms with E-state index >= 15 is 0 Å². The van der Waals surface area contributed by atoms with Crippen molar-refractivity contribution in [3.8, 4) is 0 Å². The first kappa shape index (κ1) is 21.6. The highest BCUT2D eigenvalue weighted by Gasteiger charge is 2.19. The van der Waals surface area contributed by atoms with Gasteiger partial charge in [-0.05, 0) is 69.5 Å². The van der Waals surface area contributed by atoms with Gasteiger partial charge in [-0.25, -0.2) is 8.42 Å². The maximum atomic E-state index is 12.9. The molecule has 0 aliphatic rings. The number of nitrogens with zero attached hydrogens (tertiary/aromatic N) is 1. The van der Waals surface area contributed by atoms with E-state index < -0.39 is 10.0 Å². The van der Waals surface area contributed by atoms with Gasteiger partial charge in [0.15, 0.2) is 0 Å². The summed E-state index contributed by atoms with van der Waals surface area (Å²) < 4.78 is 33.5. The van der Waals surface area contributed by atoms with Gasteiger partial charge in [0.05, 0.1) is 10.6 Å². The van der Waals surface area contributed by atoms with Crippen LogP contribution in [0.3, 0.4) is 0 Å². The van der Waals surface area contributed by atoms with Crippen LogP contribution < -0.4 is 10.0 Å². The van der Waals surface area contributed by atoms with E-state index in [1.54, 1.807) is 37.3 Å². The third-order valence-electron chi connectivity index (χ3n) is 4.81. The molecule has 0 aliphatic heterocycles. The maximum absolute atomic E-state index is 12.9. The molecule has 8 heteroatoms. The van der Waals surface area contributed by atoms with Crippen LogP contribution in [0.1, 0.15) is 34.6 Å². The number of hydrogen-bond acceptors (Lipinski definition) is 5. The van der Waals surface area contributed by atoms with Gasteiger partial charge in [-0.2, -0.15) is 0 Å². The quantitative estimate of drug-likeness (QED) is 0.586. The number of aryl methyl sites for hydroxylation is 4. The largest absolute Gasteiger partial charge is 0.361 e. The molecule has 1 heterocycles. The van der Waals surface area contributed by atoms with Crippen molar-refractivity contribution in [3.63, 3.8) is 0 Å². The Balaban J connectivity index is 1.73. The van der Waals surface area contributed by atoms with E-state index in [1.807, 2.05) is 26.8 Å². The lowest BCUT2D eigenvalue weighted by atomic mass is 10.1. The molecule has 7 nitrogen and oxygen atoms in total. The summed E-state index contributed by atoms with van der Waals surface area (Å²) in [6.07, 6.45) is 0.735. The molecule has 1 aromatic heterocycles. The topological polar surface area (TPSA) is 101 Å². The number of amides is 1. The molecule has 3 aromatic rings. The highest BCUT2D eigenvalue weighted by Crippen LogP contribution is 2.24. The monoisotopic (exact) mass is 427 g/mol. The molecule has 2 N–H and O–H groups in total. The Bertz CT molecular complexity index is 1160. The zero-order valence-electron chi connectivity index (χ0n) is 17.4. The Hall–Kier alpha value is -3.13. The van der Waals surface area contributed by atoms with Gasteiger partial charge >= 0.3 is 0 Å². The number of anilines is 2. The minimum Gasteiger partial charge on any atom is -0.361 e. The Labute approximate surface area is 176 Å². The average molecular weight is 428 g/mol. The summed E-state index contributed by atoms with van der Waals surface area (Å²) in [6, 6.07) is 12.0. The molecule has 0 atom stereocenters. The molecule has 158 valence electrons. The molecular weight excluding hydrogens is 402 g/mol. The van der Waals surface area contributed by atoms with Crippen molar-refractivity contribution < 1.29 is 17.7 Å². The lowest BCUT2D eigenvalue weighted by Gasteiger charge is -2.13. The smallest absolute Gasteiger partial charge is 0.262 e. The van der Waals surface area contributed by atoms with Crippen LogP contribution in [0.5, 0.6) is 0 Å². The van der Waals surface area contributed by atoms with Crippen molar-refractivity contribution in [3.05, 3.63) is 70.6 Å². The number of carbonyl (C=O) groups excluding carboxylic acids is 1. The maximum Gasteiger partial charge on any atom is 0.262 e. The van der Waals surface area contributed by atoms with Crippen molar-refractivity contribution in [1.82, 2.24) is 5.16 Å². The van der Waals surface area contributed by atoms with Gasteiger partial charge < -0.3 is 9.84 Å². The van der Waals surface area contributed by atoms with Crippen molar-refractivity contribution in [2.45, 2.75) is 45.4 Å². The van der Waals surface area contributed by atoms with E-state index in [1.165, 1.54) is 6.07 Å². The normalized spacial score (nSPS) is 11.3. The first-order valence-electron chi connectivity index (χ1n) is 9.57. The third-order valence-corrected chi connectivity index (χ3v) is 6.34. The zero-order valence-corrected chi connectivity index (χ0v) is 18.3. The Morgan fingerprint density at radius 3 is 2.47 bits per heavy atom. The van der Waals surface area contributed by atoms with Crippen molar-refractivity contribution >= 4 is 27.3 Å². The molecule has 1 amide bonds. The molecule has 0 bridgehead atoms. The van der Waals surface area contributed by atoms with Crippen LogP contribution in [0.25, 0.3) is 0 Å². The van der Waals surface area contributed by atoms with Gasteiger partial charge in [-0.1, -0.05) is 23.4 Å². The van der Waals surface area contributed by atoms with Crippen LogP contribution in [0.4, 0.5) is 11.4 Å². The molecule has 30 heavy (non-hydrogen) atoms. The highest BCUT2D eigenvalue weighted by atomic mass is 32.2. The van der Waals surface area contributed by atoms with Crippen LogP contribution in [0, 0.1) is 27.7 Å². The van der Waals surface area contributed by atoms with Gasteiger partial charge in [-0.3, -0.25) is 9.52 Å². The molecule has 2 aromatic carbocycles. The van der Waals surface area contributed by atoms with E-state index in [0.717, 1.165) is 16.8 Å². The SMILES string of the molecule is Cc1cccc(NS(=O)(=O)c2cc(NC(=O)CCc3c(C)noc3C)ccc2C)c1. The summed E-state index contributed by atoms with van der Waals surface area (Å²) in [5.41, 5.74) is 4.14. The van der Waals surface area contributed by atoms with E-state index in [0.29, 0.717) is 29.1 Å². The second-order valence-corrected chi connectivity index (χ2v) is 8.96. The van der Waals surface area contributed by atoms with Gasteiger partial charge in [0.2, 0.25) is 5.91 Å². The molecule has 0 radical (unpaired) electrons. The molecule has 0 fully saturated rings. The summed E-state index contributed by atoms with van der Waals surface area (Å²) in [5.74, 6) is 0.486. The summed E-state index contributed by atoms with van der Waals surface area (Å²) in [7, 11) is -3.80. The number of rotatable bonds is 7. The summed E-state index contributed by atoms with van der Waals surface area (Å²) in [6.45, 7) is 7.25. The number of sulfonamides is 1. The zero-order chi connectivity index (χ0) is 21.9. The molecule has 3 rings (SSSR count). The first-order valence-corrected chi connectivity index (χ1v) is 11.1. The van der Waals surface area contributed by atoms with E-state index in [-0.39, 0.29) is 17.2 Å². The van der Waals surface area contributed by atoms with Crippen molar-refractivity contribution in [2.75, 3.05) is 10.0 Å². The molecule has 0 saturated carbocycles. The Kier molecular flexibility index (Phi) is 6.26. The van der Waals surface area contributed by atoms with Gasteiger partial charge in [0, 0.05) is 23.4 Å².